The summed E-state index contributed by atoms with van der Waals surface area (Å²) in [6.07, 6.45) is 1.54. The molecule has 0 aromatic heterocycles. The molecule has 0 saturated carbocycles. The van der Waals surface area contributed by atoms with E-state index in [1.54, 1.807) is 12.1 Å². The predicted molar refractivity (Wildman–Crippen MR) is 155 cm³/mol. The van der Waals surface area contributed by atoms with Gasteiger partial charge >= 0.3 is 0 Å². The van der Waals surface area contributed by atoms with E-state index in [1.165, 1.54) is 5.56 Å². The number of carbonyl (C=O) groups is 1. The monoisotopic (exact) mass is 541 g/mol. The quantitative estimate of drug-likeness (QED) is 0.233. The van der Waals surface area contributed by atoms with Crippen LogP contribution in [0, 0.1) is 17.0 Å². The normalized spacial score (nSPS) is 15.5. The lowest BCUT2D eigenvalue weighted by molar-refractivity contribution is -0.385. The third-order valence-corrected chi connectivity index (χ3v) is 6.42. The van der Waals surface area contributed by atoms with E-state index in [0.29, 0.717) is 24.3 Å². The Balaban J connectivity index is 0.000000967. The summed E-state index contributed by atoms with van der Waals surface area (Å²) >= 11 is 0. The van der Waals surface area contributed by atoms with Crippen LogP contribution in [0.25, 0.3) is 0 Å². The number of fused-ring (bicyclic) bond motifs is 4. The van der Waals surface area contributed by atoms with Crippen molar-refractivity contribution in [2.75, 3.05) is 16.8 Å². The van der Waals surface area contributed by atoms with Gasteiger partial charge in [-0.15, -0.1) is 17.9 Å². The van der Waals surface area contributed by atoms with Crippen molar-refractivity contribution in [3.63, 3.8) is 0 Å². The molecule has 1 amide bonds. The number of aryl methyl sites for hydroxylation is 2. The Labute approximate surface area is 217 Å². The van der Waals surface area contributed by atoms with Crippen LogP contribution in [-0.2, 0) is 19.4 Å². The number of nitrogens with one attached hydrogen (secondary N) is 1. The highest BCUT2D eigenvalue weighted by Crippen LogP contribution is 2.38. The summed E-state index contributed by atoms with van der Waals surface area (Å²) in [5.74, 6) is 0.645. The van der Waals surface area contributed by atoms with Crippen LogP contribution in [-0.4, -0.2) is 23.4 Å². The number of non-ortho nitro benzene ring substituents is 1. The number of nitro benzene ring substituents is 1. The zero-order chi connectivity index (χ0) is 25.8. The Kier molecular flexibility index (Phi) is 8.57. The Morgan fingerprint density at radius 1 is 1.17 bits per heavy atom. The van der Waals surface area contributed by atoms with Gasteiger partial charge in [-0.3, -0.25) is 14.9 Å². The standard InChI is InChI=1S/C26H25N3O4.H5P3/c1-3-17-9-18(11-20(10-17)29(31)32)15-33-25-13-23-22(8-16(25)2)26(30)28-21(14-27-23)12-19-6-4-5-7-24(19)28;1-3-2/h4-11,13,21,27H,3,12,14-15H2,1-2H3;3H,1-2H2/t21-;/m0./s1. The van der Waals surface area contributed by atoms with Gasteiger partial charge in [0.2, 0.25) is 0 Å². The smallest absolute Gasteiger partial charge is 0.270 e. The second-order valence-electron chi connectivity index (χ2n) is 8.78. The number of anilines is 2. The Morgan fingerprint density at radius 2 is 1.89 bits per heavy atom. The molecule has 0 aliphatic carbocycles. The molecule has 7 nitrogen and oxygen atoms in total. The minimum atomic E-state index is -0.379. The maximum Gasteiger partial charge on any atom is 0.270 e. The third kappa shape index (κ3) is 5.54. The lowest BCUT2D eigenvalue weighted by atomic mass is 10.1. The van der Waals surface area contributed by atoms with Crippen molar-refractivity contribution >= 4 is 48.8 Å². The number of carbonyl (C=O) groups excluding carboxylic acids is 1. The molecule has 188 valence electrons. The van der Waals surface area contributed by atoms with Crippen LogP contribution in [0.3, 0.4) is 0 Å². The number of hydrogen-bond acceptors (Lipinski definition) is 5. The molecular formula is C26H30N3O4P3. The Hall–Kier alpha value is -2.58. The molecule has 3 aromatic carbocycles. The molecule has 5 rings (SSSR count). The summed E-state index contributed by atoms with van der Waals surface area (Å²) in [6, 6.07) is 16.9. The largest absolute Gasteiger partial charge is 0.489 e. The Morgan fingerprint density at radius 3 is 2.61 bits per heavy atom. The van der Waals surface area contributed by atoms with Crippen molar-refractivity contribution in [3.05, 3.63) is 92.5 Å². The van der Waals surface area contributed by atoms with Crippen LogP contribution in [0.5, 0.6) is 5.75 Å². The van der Waals surface area contributed by atoms with E-state index in [0.717, 1.165) is 42.4 Å². The van der Waals surface area contributed by atoms with Crippen LogP contribution in [0.15, 0.2) is 54.6 Å². The minimum Gasteiger partial charge on any atom is -0.489 e. The summed E-state index contributed by atoms with van der Waals surface area (Å²) in [5.41, 5.74) is 6.11. The fraction of sp³-hybridized carbons (Fsp3) is 0.269. The predicted octanol–water partition coefficient (Wildman–Crippen LogP) is 6.29. The molecule has 0 spiro atoms. The molecule has 0 saturated heterocycles. The Bertz CT molecular complexity index is 1300. The molecule has 2 unspecified atom stereocenters. The number of nitro groups is 1. The lowest BCUT2D eigenvalue weighted by Crippen LogP contribution is -2.39. The number of nitrogens with zero attached hydrogens (tertiary/aromatic N) is 2. The fourth-order valence-electron chi connectivity index (χ4n) is 4.72. The fourth-order valence-corrected chi connectivity index (χ4v) is 4.72. The van der Waals surface area contributed by atoms with Gasteiger partial charge in [0.25, 0.3) is 11.6 Å². The van der Waals surface area contributed by atoms with E-state index >= 15 is 0 Å². The van der Waals surface area contributed by atoms with Crippen molar-refractivity contribution in [3.8, 4) is 5.75 Å². The molecule has 3 atom stereocenters. The van der Waals surface area contributed by atoms with Gasteiger partial charge in [-0.05, 0) is 54.2 Å². The van der Waals surface area contributed by atoms with E-state index in [1.807, 2.05) is 55.1 Å². The van der Waals surface area contributed by atoms with E-state index in [4.69, 9.17) is 4.74 Å². The van der Waals surface area contributed by atoms with E-state index in [-0.39, 0.29) is 29.2 Å². The summed E-state index contributed by atoms with van der Waals surface area (Å²) in [7, 11) is 6.06. The number of amides is 1. The van der Waals surface area contributed by atoms with Crippen LogP contribution in [0.1, 0.15) is 39.5 Å². The molecule has 1 N–H and O–H groups in total. The first kappa shape index (κ1) is 26.5. The average Bonchev–Trinajstić information content (AvgIpc) is 3.19. The molecule has 0 radical (unpaired) electrons. The molecule has 0 fully saturated rings. The zero-order valence-electron chi connectivity index (χ0n) is 20.3. The second-order valence-corrected chi connectivity index (χ2v) is 13.1. The molecule has 2 aliphatic heterocycles. The molecule has 10 heteroatoms. The summed E-state index contributed by atoms with van der Waals surface area (Å²) in [4.78, 5) is 26.3. The number of benzene rings is 3. The second kappa shape index (κ2) is 11.6. The van der Waals surface area contributed by atoms with Gasteiger partial charge in [0.1, 0.15) is 12.4 Å². The molecule has 2 heterocycles. The maximum absolute atomic E-state index is 13.5. The van der Waals surface area contributed by atoms with Crippen molar-refractivity contribution in [1.82, 2.24) is 0 Å². The molecule has 3 aromatic rings. The van der Waals surface area contributed by atoms with E-state index in [2.05, 4.69) is 29.2 Å². The summed E-state index contributed by atoms with van der Waals surface area (Å²) < 4.78 is 6.06. The number of ether oxygens (including phenoxy) is 1. The molecule has 36 heavy (non-hydrogen) atoms. The van der Waals surface area contributed by atoms with Gasteiger partial charge in [0.05, 0.1) is 22.2 Å². The van der Waals surface area contributed by atoms with Gasteiger partial charge in [0.15, 0.2) is 0 Å². The van der Waals surface area contributed by atoms with E-state index < -0.39 is 0 Å². The highest BCUT2D eigenvalue weighted by atomic mass is 32.4. The van der Waals surface area contributed by atoms with Crippen LogP contribution in [0.4, 0.5) is 17.1 Å². The van der Waals surface area contributed by atoms with Gasteiger partial charge in [-0.1, -0.05) is 39.1 Å². The number of para-hydroxylation sites is 1. The van der Waals surface area contributed by atoms with Crippen molar-refractivity contribution in [2.24, 2.45) is 0 Å². The van der Waals surface area contributed by atoms with Crippen LogP contribution in [0.2, 0.25) is 0 Å². The van der Waals surface area contributed by atoms with Crippen molar-refractivity contribution < 1.29 is 14.5 Å². The van der Waals surface area contributed by atoms with E-state index in [9.17, 15) is 14.9 Å². The van der Waals surface area contributed by atoms with Crippen molar-refractivity contribution in [2.45, 2.75) is 39.3 Å². The maximum atomic E-state index is 13.5. The molecule has 0 bridgehead atoms. The summed E-state index contributed by atoms with van der Waals surface area (Å²) in [6.45, 7) is 4.74. The highest BCUT2D eigenvalue weighted by molar-refractivity contribution is 8.33. The van der Waals surface area contributed by atoms with Gasteiger partial charge < -0.3 is 15.0 Å². The molecular weight excluding hydrogens is 511 g/mol. The van der Waals surface area contributed by atoms with Crippen LogP contribution >= 0.6 is 25.8 Å². The lowest BCUT2D eigenvalue weighted by Gasteiger charge is -2.22. The zero-order valence-corrected chi connectivity index (χ0v) is 23.6. The topological polar surface area (TPSA) is 84.7 Å². The van der Waals surface area contributed by atoms with Gasteiger partial charge in [-0.2, -0.15) is 0 Å². The average molecular weight is 541 g/mol. The minimum absolute atomic E-state index is 0.00845. The number of hydrogen-bond donors (Lipinski definition) is 1. The SMILES string of the molecule is CCc1cc(COc2cc3c(cc2C)C(=O)N2c4ccccc4C[C@H]2CN3)cc([N+](=O)[O-])c1.PPP. The highest BCUT2D eigenvalue weighted by Gasteiger charge is 2.37. The third-order valence-electron chi connectivity index (χ3n) is 6.42. The van der Waals surface area contributed by atoms with Crippen LogP contribution < -0.4 is 15.0 Å². The first-order valence-electron chi connectivity index (χ1n) is 11.7. The molecule has 2 aliphatic rings. The van der Waals surface area contributed by atoms with Crippen molar-refractivity contribution in [1.29, 1.82) is 0 Å². The van der Waals surface area contributed by atoms with Gasteiger partial charge in [-0.25, -0.2) is 0 Å². The van der Waals surface area contributed by atoms with Gasteiger partial charge in [0, 0.05) is 30.4 Å². The summed E-state index contributed by atoms with van der Waals surface area (Å²) in [5, 5.41) is 14.7. The first-order valence-corrected chi connectivity index (χ1v) is 16.3. The first-order chi connectivity index (χ1) is 17.4. The number of rotatable bonds is 5.